The molecule has 2 saturated carbocycles. The average Bonchev–Trinajstić information content (AvgIpc) is 2.48. The summed E-state index contributed by atoms with van der Waals surface area (Å²) in [6.45, 7) is 4.30. The Hall–Kier alpha value is 1.56. The molecular weight excluding hydrogens is 471 g/mol. The molecule has 0 N–H and O–H groups in total. The maximum absolute atomic E-state index is 5.02. The summed E-state index contributed by atoms with van der Waals surface area (Å²) in [5.74, 6) is 15.1. The number of nitrogens with zero attached hydrogens (tertiary/aromatic N) is 2. The van der Waals surface area contributed by atoms with E-state index in [-0.39, 0.29) is 0 Å². The standard InChI is InChI=1S/C16H28N2.3ClH.Nd/c1-13(17-15-9-5-3-6-10-15)14(2)18-16-11-7-4-8-12-16;;;;/h15-16H,3-12H2,1-2H3;3*1H;/q;;;;+3/p-3. The summed E-state index contributed by atoms with van der Waals surface area (Å²) in [4.78, 5) is 9.77. The van der Waals surface area contributed by atoms with Crippen molar-refractivity contribution in [3.63, 3.8) is 0 Å². The number of hydrogen-bond donors (Lipinski definition) is 0. The van der Waals surface area contributed by atoms with Crippen LogP contribution >= 0.6 is 17.4 Å². The van der Waals surface area contributed by atoms with E-state index in [4.69, 9.17) is 27.4 Å². The summed E-state index contributed by atoms with van der Waals surface area (Å²) >= 11 is -2.24. The minimum atomic E-state index is -2.24. The van der Waals surface area contributed by atoms with Gasteiger partial charge in [0.25, 0.3) is 0 Å². The second-order valence-corrected chi connectivity index (χ2v) is 20.3. The zero-order valence-electron chi connectivity index (χ0n) is 13.8. The fraction of sp³-hybridized carbons (Fsp3) is 0.875. The number of rotatable bonds is 3. The minimum absolute atomic E-state index is 0.579. The molecule has 0 unspecified atom stereocenters. The molecule has 6 heteroatoms. The van der Waals surface area contributed by atoms with Gasteiger partial charge in [-0.1, -0.05) is 38.5 Å². The molecule has 0 aromatic heterocycles. The van der Waals surface area contributed by atoms with Crippen molar-refractivity contribution in [3.8, 4) is 0 Å². The van der Waals surface area contributed by atoms with Crippen LogP contribution in [0.1, 0.15) is 78.1 Å². The van der Waals surface area contributed by atoms with Gasteiger partial charge < -0.3 is 0 Å². The van der Waals surface area contributed by atoms with Crippen LogP contribution < -0.4 is 0 Å². The van der Waals surface area contributed by atoms with E-state index in [1.165, 1.54) is 75.6 Å². The van der Waals surface area contributed by atoms with Crippen molar-refractivity contribution in [2.45, 2.75) is 90.1 Å². The van der Waals surface area contributed by atoms with Crippen LogP contribution in [0.3, 0.4) is 0 Å². The third-order valence-corrected chi connectivity index (χ3v) is 4.43. The predicted molar refractivity (Wildman–Crippen MR) is 97.5 cm³/mol. The van der Waals surface area contributed by atoms with Crippen LogP contribution in [0.25, 0.3) is 0 Å². The van der Waals surface area contributed by atoms with Crippen LogP contribution in [0.15, 0.2) is 9.98 Å². The second-order valence-electron chi connectivity index (χ2n) is 6.23. The molecule has 0 saturated heterocycles. The molecule has 0 aromatic carbocycles. The quantitative estimate of drug-likeness (QED) is 0.389. The van der Waals surface area contributed by atoms with Gasteiger partial charge in [-0.2, -0.15) is 0 Å². The molecule has 0 spiro atoms. The van der Waals surface area contributed by atoms with E-state index in [9.17, 15) is 0 Å². The van der Waals surface area contributed by atoms with Gasteiger partial charge >= 0.3 is 47.3 Å². The zero-order valence-corrected chi connectivity index (χ0v) is 19.2. The predicted octanol–water partition coefficient (Wildman–Crippen LogP) is 6.64. The third kappa shape index (κ3) is 10.4. The van der Waals surface area contributed by atoms with E-state index in [0.717, 1.165) is 0 Å². The van der Waals surface area contributed by atoms with Crippen LogP contribution in [0.5, 0.6) is 0 Å². The molecule has 22 heavy (non-hydrogen) atoms. The molecule has 2 fully saturated rings. The Kier molecular flexibility index (Phi) is 12.6. The molecule has 2 nitrogen and oxygen atoms in total. The average molecular weight is 499 g/mol. The van der Waals surface area contributed by atoms with Gasteiger partial charge in [-0.3, -0.25) is 9.98 Å². The van der Waals surface area contributed by atoms with Crippen molar-refractivity contribution < 1.29 is 29.9 Å². The summed E-state index contributed by atoms with van der Waals surface area (Å²) < 4.78 is 0. The van der Waals surface area contributed by atoms with Gasteiger partial charge in [0.15, 0.2) is 0 Å². The Morgan fingerprint density at radius 3 is 1.23 bits per heavy atom. The van der Waals surface area contributed by atoms with Crippen molar-refractivity contribution in [1.82, 2.24) is 0 Å². The Morgan fingerprint density at radius 2 is 0.955 bits per heavy atom. The summed E-state index contributed by atoms with van der Waals surface area (Å²) in [5, 5.41) is 0. The molecule has 0 aliphatic heterocycles. The second kappa shape index (κ2) is 12.9. The van der Waals surface area contributed by atoms with Crippen molar-refractivity contribution in [2.24, 2.45) is 9.98 Å². The first-order valence-electron chi connectivity index (χ1n) is 8.41. The Bertz CT molecular complexity index is 326. The van der Waals surface area contributed by atoms with Crippen molar-refractivity contribution in [2.75, 3.05) is 0 Å². The van der Waals surface area contributed by atoms with Crippen LogP contribution in [0, 0.1) is 29.9 Å². The SMILES string of the molecule is CC(=NC1CCCCC1)C(C)=NC1CCCCC1.[Cl][Nd]([Cl])[Cl]. The summed E-state index contributed by atoms with van der Waals surface area (Å²) in [6, 6.07) is 1.16. The molecule has 0 bridgehead atoms. The summed E-state index contributed by atoms with van der Waals surface area (Å²) in [7, 11) is 0. The van der Waals surface area contributed by atoms with Crippen LogP contribution in [0.2, 0.25) is 0 Å². The van der Waals surface area contributed by atoms with Gasteiger partial charge in [-0.15, -0.1) is 0 Å². The number of hydrogen-bond acceptors (Lipinski definition) is 2. The van der Waals surface area contributed by atoms with Crippen LogP contribution in [-0.4, -0.2) is 23.5 Å². The van der Waals surface area contributed by atoms with Gasteiger partial charge in [-0.05, 0) is 39.5 Å². The van der Waals surface area contributed by atoms with Gasteiger partial charge in [0.1, 0.15) is 0 Å². The Labute approximate surface area is 157 Å². The van der Waals surface area contributed by atoms with Gasteiger partial charge in [0.05, 0.1) is 23.5 Å². The van der Waals surface area contributed by atoms with Crippen LogP contribution in [0.4, 0.5) is 0 Å². The molecule has 2 rings (SSSR count). The van der Waals surface area contributed by atoms with E-state index in [0.29, 0.717) is 12.1 Å². The molecule has 0 aromatic rings. The van der Waals surface area contributed by atoms with Crippen molar-refractivity contribution in [1.29, 1.82) is 0 Å². The molecule has 0 radical (unpaired) electrons. The van der Waals surface area contributed by atoms with Gasteiger partial charge in [0, 0.05) is 0 Å². The van der Waals surface area contributed by atoms with Crippen molar-refractivity contribution >= 4 is 28.8 Å². The third-order valence-electron chi connectivity index (χ3n) is 4.43. The molecule has 127 valence electrons. The van der Waals surface area contributed by atoms with E-state index in [1.54, 1.807) is 0 Å². The molecule has 0 heterocycles. The van der Waals surface area contributed by atoms with E-state index < -0.39 is 29.9 Å². The molecule has 0 atom stereocenters. The van der Waals surface area contributed by atoms with Gasteiger partial charge in [-0.25, -0.2) is 0 Å². The zero-order chi connectivity index (χ0) is 16.4. The fourth-order valence-corrected chi connectivity index (χ4v) is 3.15. The first-order chi connectivity index (χ1) is 10.5. The molecule has 0 amide bonds. The number of halogens is 3. The van der Waals surface area contributed by atoms with E-state index in [1.807, 2.05) is 0 Å². The normalized spacial score (nSPS) is 22.0. The Balaban J connectivity index is 0.000000541. The maximum atomic E-state index is 5.02. The topological polar surface area (TPSA) is 24.7 Å². The fourth-order valence-electron chi connectivity index (χ4n) is 3.15. The van der Waals surface area contributed by atoms with Gasteiger partial charge in [0.2, 0.25) is 0 Å². The van der Waals surface area contributed by atoms with E-state index in [2.05, 4.69) is 13.8 Å². The first kappa shape index (κ1) is 21.6. The Morgan fingerprint density at radius 1 is 0.682 bits per heavy atom. The van der Waals surface area contributed by atoms with Crippen molar-refractivity contribution in [3.05, 3.63) is 0 Å². The first-order valence-corrected chi connectivity index (χ1v) is 20.5. The molecular formula is C16H28Cl3N2Nd. The molecule has 2 aliphatic rings. The summed E-state index contributed by atoms with van der Waals surface area (Å²) in [5.41, 5.74) is 2.37. The summed E-state index contributed by atoms with van der Waals surface area (Å²) in [6.07, 6.45) is 13.4. The monoisotopic (exact) mass is 495 g/mol. The molecule has 2 aliphatic carbocycles. The number of aliphatic imine (C=N–C) groups is 2. The van der Waals surface area contributed by atoms with E-state index >= 15 is 0 Å². The van der Waals surface area contributed by atoms with Crippen LogP contribution in [-0.2, 0) is 0 Å².